The van der Waals surface area contributed by atoms with Crippen molar-refractivity contribution in [2.45, 2.75) is 18.3 Å². The standard InChI is InChI=1S/C26H20/c1-17-14-15-21-20-10-4-7-13-24(20)26(25(21)16-17)22-11-5-2-8-18(22)19-9-3-6-12-23(19)26/h2-16,21,25H,1H3. The predicted molar refractivity (Wildman–Crippen MR) is 107 cm³/mol. The Hall–Kier alpha value is -2.86. The number of hydrogen-bond acceptors (Lipinski definition) is 0. The van der Waals surface area contributed by atoms with E-state index >= 15 is 0 Å². The molecule has 0 bridgehead atoms. The van der Waals surface area contributed by atoms with Crippen molar-refractivity contribution >= 4 is 0 Å². The highest BCUT2D eigenvalue weighted by Crippen LogP contribution is 2.65. The Kier molecular flexibility index (Phi) is 2.68. The number of fused-ring (bicyclic) bond motifs is 10. The summed E-state index contributed by atoms with van der Waals surface area (Å²) in [7, 11) is 0. The molecule has 0 aromatic heterocycles. The van der Waals surface area contributed by atoms with Crippen LogP contribution in [-0.2, 0) is 5.41 Å². The Labute approximate surface area is 154 Å². The largest absolute Gasteiger partial charge is 0.0761 e. The van der Waals surface area contributed by atoms with Gasteiger partial charge in [0.2, 0.25) is 0 Å². The van der Waals surface area contributed by atoms with E-state index in [0.29, 0.717) is 11.8 Å². The van der Waals surface area contributed by atoms with Gasteiger partial charge in [-0.3, -0.25) is 0 Å². The molecule has 0 amide bonds. The lowest BCUT2D eigenvalue weighted by atomic mass is 9.65. The van der Waals surface area contributed by atoms with Crippen LogP contribution in [0, 0.1) is 5.92 Å². The summed E-state index contributed by atoms with van der Waals surface area (Å²) in [5.74, 6) is 0.892. The summed E-state index contributed by atoms with van der Waals surface area (Å²) < 4.78 is 0. The average molecular weight is 332 g/mol. The molecule has 124 valence electrons. The van der Waals surface area contributed by atoms with Crippen LogP contribution in [-0.4, -0.2) is 0 Å². The van der Waals surface area contributed by atoms with Crippen LogP contribution in [0.4, 0.5) is 0 Å². The van der Waals surface area contributed by atoms with Crippen LogP contribution in [0.5, 0.6) is 0 Å². The molecular weight excluding hydrogens is 312 g/mol. The summed E-state index contributed by atoms with van der Waals surface area (Å²) in [6.45, 7) is 2.23. The van der Waals surface area contributed by atoms with Crippen LogP contribution in [0.15, 0.2) is 96.6 Å². The van der Waals surface area contributed by atoms with Gasteiger partial charge in [0.1, 0.15) is 0 Å². The van der Waals surface area contributed by atoms with Crippen LogP contribution < -0.4 is 0 Å². The lowest BCUT2D eigenvalue weighted by molar-refractivity contribution is 0.463. The fourth-order valence-corrected chi connectivity index (χ4v) is 5.75. The first kappa shape index (κ1) is 14.3. The van der Waals surface area contributed by atoms with Crippen LogP contribution in [0.3, 0.4) is 0 Å². The Morgan fingerprint density at radius 3 is 1.96 bits per heavy atom. The minimum Gasteiger partial charge on any atom is -0.0761 e. The van der Waals surface area contributed by atoms with Gasteiger partial charge in [-0.15, -0.1) is 0 Å². The number of rotatable bonds is 0. The molecule has 0 heteroatoms. The van der Waals surface area contributed by atoms with E-state index in [1.807, 2.05) is 0 Å². The van der Waals surface area contributed by atoms with E-state index in [0.717, 1.165) is 0 Å². The zero-order valence-electron chi connectivity index (χ0n) is 14.8. The van der Waals surface area contributed by atoms with Crippen molar-refractivity contribution in [3.05, 3.63) is 119 Å². The number of hydrogen-bond donors (Lipinski definition) is 0. The van der Waals surface area contributed by atoms with Gasteiger partial charge in [-0.2, -0.15) is 0 Å². The maximum atomic E-state index is 2.52. The molecule has 0 saturated carbocycles. The van der Waals surface area contributed by atoms with Crippen molar-refractivity contribution in [2.75, 3.05) is 0 Å². The third-order valence-electron chi connectivity index (χ3n) is 6.63. The van der Waals surface area contributed by atoms with Gasteiger partial charge < -0.3 is 0 Å². The summed E-state index contributed by atoms with van der Waals surface area (Å²) >= 11 is 0. The Bertz CT molecular complexity index is 1070. The molecule has 0 N–H and O–H groups in total. The minimum absolute atomic E-state index is 0.0690. The lowest BCUT2D eigenvalue weighted by Crippen LogP contribution is -2.33. The SMILES string of the molecule is CC1=CC2C(C=C1)c1ccccc1C21c2ccccc2-c2ccccc21. The van der Waals surface area contributed by atoms with E-state index < -0.39 is 0 Å². The van der Waals surface area contributed by atoms with Gasteiger partial charge in [-0.05, 0) is 40.3 Å². The first-order valence-corrected chi connectivity index (χ1v) is 9.47. The molecule has 3 aromatic rings. The summed E-state index contributed by atoms with van der Waals surface area (Å²) in [6.07, 6.45) is 7.24. The van der Waals surface area contributed by atoms with Gasteiger partial charge in [0.05, 0.1) is 5.41 Å². The molecule has 3 aliphatic carbocycles. The second-order valence-electron chi connectivity index (χ2n) is 7.81. The molecule has 0 radical (unpaired) electrons. The second-order valence-corrected chi connectivity index (χ2v) is 7.81. The van der Waals surface area contributed by atoms with Gasteiger partial charge in [-0.1, -0.05) is 96.6 Å². The minimum atomic E-state index is -0.0690. The zero-order valence-corrected chi connectivity index (χ0v) is 14.8. The fourth-order valence-electron chi connectivity index (χ4n) is 5.75. The van der Waals surface area contributed by atoms with E-state index in [4.69, 9.17) is 0 Å². The normalized spacial score (nSPS) is 23.2. The molecule has 0 nitrogen and oxygen atoms in total. The molecule has 0 saturated heterocycles. The first-order valence-electron chi connectivity index (χ1n) is 9.47. The first-order chi connectivity index (χ1) is 12.8. The summed E-state index contributed by atoms with van der Waals surface area (Å²) in [5.41, 5.74) is 10.0. The van der Waals surface area contributed by atoms with Gasteiger partial charge in [0.15, 0.2) is 0 Å². The van der Waals surface area contributed by atoms with Crippen LogP contribution >= 0.6 is 0 Å². The van der Waals surface area contributed by atoms with Crippen molar-refractivity contribution in [1.29, 1.82) is 0 Å². The third kappa shape index (κ3) is 1.52. The van der Waals surface area contributed by atoms with Crippen molar-refractivity contribution in [3.63, 3.8) is 0 Å². The van der Waals surface area contributed by atoms with Crippen molar-refractivity contribution in [1.82, 2.24) is 0 Å². The van der Waals surface area contributed by atoms with Gasteiger partial charge >= 0.3 is 0 Å². The highest BCUT2D eigenvalue weighted by Gasteiger charge is 2.56. The van der Waals surface area contributed by atoms with Crippen LogP contribution in [0.2, 0.25) is 0 Å². The van der Waals surface area contributed by atoms with Crippen molar-refractivity contribution in [3.8, 4) is 11.1 Å². The molecule has 0 aliphatic heterocycles. The van der Waals surface area contributed by atoms with E-state index in [1.165, 1.54) is 39.0 Å². The summed E-state index contributed by atoms with van der Waals surface area (Å²) in [5, 5.41) is 0. The summed E-state index contributed by atoms with van der Waals surface area (Å²) in [4.78, 5) is 0. The molecule has 26 heavy (non-hydrogen) atoms. The fraction of sp³-hybridized carbons (Fsp3) is 0.154. The number of benzene rings is 3. The molecule has 3 aromatic carbocycles. The van der Waals surface area contributed by atoms with E-state index in [2.05, 4.69) is 97.9 Å². The predicted octanol–water partition coefficient (Wildman–Crippen LogP) is 6.23. The molecule has 1 spiro atoms. The Morgan fingerprint density at radius 2 is 1.27 bits per heavy atom. The third-order valence-corrected chi connectivity index (χ3v) is 6.63. The topological polar surface area (TPSA) is 0 Å². The quantitative estimate of drug-likeness (QED) is 0.458. The molecule has 6 rings (SSSR count). The van der Waals surface area contributed by atoms with Gasteiger partial charge in [-0.25, -0.2) is 0 Å². The van der Waals surface area contributed by atoms with Crippen LogP contribution in [0.25, 0.3) is 11.1 Å². The average Bonchev–Trinajstić information content (AvgIpc) is 3.15. The van der Waals surface area contributed by atoms with E-state index in [1.54, 1.807) is 0 Å². The van der Waals surface area contributed by atoms with Crippen molar-refractivity contribution in [2.24, 2.45) is 5.92 Å². The highest BCUT2D eigenvalue weighted by atomic mass is 14.6. The maximum absolute atomic E-state index is 2.52. The molecule has 0 fully saturated rings. The highest BCUT2D eigenvalue weighted by molar-refractivity contribution is 5.85. The zero-order chi connectivity index (χ0) is 17.3. The summed E-state index contributed by atoms with van der Waals surface area (Å²) in [6, 6.07) is 27.2. The van der Waals surface area contributed by atoms with Crippen LogP contribution in [0.1, 0.15) is 35.1 Å². The molecule has 3 aliphatic rings. The van der Waals surface area contributed by atoms with Crippen molar-refractivity contribution < 1.29 is 0 Å². The number of allylic oxidation sites excluding steroid dienone is 4. The molecular formula is C26H20. The van der Waals surface area contributed by atoms with E-state index in [9.17, 15) is 0 Å². The maximum Gasteiger partial charge on any atom is 0.0537 e. The monoisotopic (exact) mass is 332 g/mol. The second kappa shape index (κ2) is 4.86. The Morgan fingerprint density at radius 1 is 0.692 bits per heavy atom. The lowest BCUT2D eigenvalue weighted by Gasteiger charge is -2.36. The Balaban J connectivity index is 1.80. The van der Waals surface area contributed by atoms with Gasteiger partial charge in [0.25, 0.3) is 0 Å². The molecule has 2 atom stereocenters. The van der Waals surface area contributed by atoms with E-state index in [-0.39, 0.29) is 5.41 Å². The smallest absolute Gasteiger partial charge is 0.0537 e. The molecule has 0 heterocycles. The molecule has 2 unspecified atom stereocenters. The van der Waals surface area contributed by atoms with Gasteiger partial charge in [0, 0.05) is 11.8 Å².